The molecule has 4 aliphatic rings. The average molecular weight is 123 g/mol. The van der Waals surface area contributed by atoms with Gasteiger partial charge in [-0.05, 0) is 35.6 Å². The summed E-state index contributed by atoms with van der Waals surface area (Å²) in [6.07, 6.45) is 2.84. The summed E-state index contributed by atoms with van der Waals surface area (Å²) in [5, 5.41) is 0. The van der Waals surface area contributed by atoms with Crippen molar-refractivity contribution in [3.05, 3.63) is 0 Å². The van der Waals surface area contributed by atoms with Crippen molar-refractivity contribution in [1.82, 2.24) is 0 Å². The SMILES string of the molecule is CCCC12C3C1C32CN. The van der Waals surface area contributed by atoms with Gasteiger partial charge in [-0.15, -0.1) is 0 Å². The van der Waals surface area contributed by atoms with Crippen LogP contribution in [0.5, 0.6) is 0 Å². The van der Waals surface area contributed by atoms with Crippen LogP contribution in [0.1, 0.15) is 19.8 Å². The fraction of sp³-hybridized carbons (Fsp3) is 1.00. The van der Waals surface area contributed by atoms with Crippen LogP contribution in [0.25, 0.3) is 0 Å². The van der Waals surface area contributed by atoms with Crippen LogP contribution in [-0.4, -0.2) is 6.54 Å². The van der Waals surface area contributed by atoms with Crippen LogP contribution in [0.3, 0.4) is 0 Å². The predicted molar refractivity (Wildman–Crippen MR) is 35.8 cm³/mol. The van der Waals surface area contributed by atoms with Gasteiger partial charge in [0.05, 0.1) is 0 Å². The molecule has 2 atom stereocenters. The number of nitrogens with two attached hydrogens (primary N) is 1. The smallest absolute Gasteiger partial charge is 0.000901 e. The zero-order valence-corrected chi connectivity index (χ0v) is 5.85. The van der Waals surface area contributed by atoms with Crippen molar-refractivity contribution >= 4 is 0 Å². The zero-order chi connectivity index (χ0) is 6.28. The summed E-state index contributed by atoms with van der Waals surface area (Å²) in [5.74, 6) is 2.27. The highest BCUT2D eigenvalue weighted by molar-refractivity contribution is 5.63. The third kappa shape index (κ3) is 0.219. The maximum atomic E-state index is 5.65. The van der Waals surface area contributed by atoms with E-state index in [4.69, 9.17) is 5.73 Å². The minimum Gasteiger partial charge on any atom is -0.330 e. The summed E-state index contributed by atoms with van der Waals surface area (Å²) in [4.78, 5) is 0. The molecular weight excluding hydrogens is 110 g/mol. The normalized spacial score (nSPS) is 71.3. The van der Waals surface area contributed by atoms with Crippen LogP contribution in [0.2, 0.25) is 0 Å². The van der Waals surface area contributed by atoms with Crippen LogP contribution in [0.4, 0.5) is 0 Å². The van der Waals surface area contributed by atoms with Crippen molar-refractivity contribution in [2.24, 2.45) is 28.4 Å². The molecule has 0 spiro atoms. The fourth-order valence-electron chi connectivity index (χ4n) is 3.36. The molecule has 0 radical (unpaired) electrons. The largest absolute Gasteiger partial charge is 0.330 e. The number of hydrogen-bond acceptors (Lipinski definition) is 1. The van der Waals surface area contributed by atoms with Crippen molar-refractivity contribution in [2.75, 3.05) is 6.54 Å². The van der Waals surface area contributed by atoms with E-state index in [2.05, 4.69) is 6.92 Å². The maximum absolute atomic E-state index is 5.65. The van der Waals surface area contributed by atoms with E-state index in [0.29, 0.717) is 0 Å². The standard InChI is InChI=1S/C8H13N/c1-2-3-7-5-6(7)8(5,7)4-9/h5-6H,2-4,9H2,1H3. The van der Waals surface area contributed by atoms with Gasteiger partial charge in [-0.25, -0.2) is 0 Å². The maximum Gasteiger partial charge on any atom is -0.000901 e. The van der Waals surface area contributed by atoms with Gasteiger partial charge >= 0.3 is 0 Å². The molecule has 1 heteroatoms. The Morgan fingerprint density at radius 3 is 2.33 bits per heavy atom. The first-order valence-corrected chi connectivity index (χ1v) is 4.06. The highest BCUT2D eigenvalue weighted by Gasteiger charge is 3.17. The molecule has 0 saturated heterocycles. The van der Waals surface area contributed by atoms with Gasteiger partial charge in [-0.2, -0.15) is 0 Å². The molecule has 4 rings (SSSR count). The first kappa shape index (κ1) is 4.73. The van der Waals surface area contributed by atoms with Gasteiger partial charge in [0.1, 0.15) is 0 Å². The summed E-state index contributed by atoms with van der Waals surface area (Å²) in [5.41, 5.74) is 7.28. The van der Waals surface area contributed by atoms with E-state index in [1.807, 2.05) is 0 Å². The quantitative estimate of drug-likeness (QED) is 0.595. The molecule has 0 aromatic rings. The molecule has 0 aromatic carbocycles. The topological polar surface area (TPSA) is 26.0 Å². The summed E-state index contributed by atoms with van der Waals surface area (Å²) < 4.78 is 0. The van der Waals surface area contributed by atoms with E-state index in [-0.39, 0.29) is 0 Å². The average Bonchev–Trinajstić information content (AvgIpc) is 2.67. The fourth-order valence-corrected chi connectivity index (χ4v) is 3.36. The van der Waals surface area contributed by atoms with Crippen LogP contribution < -0.4 is 5.73 Å². The Morgan fingerprint density at radius 2 is 2.00 bits per heavy atom. The lowest BCUT2D eigenvalue weighted by Gasteiger charge is -1.89. The number of rotatable bonds is 3. The Morgan fingerprint density at radius 1 is 1.33 bits per heavy atom. The molecule has 4 fully saturated rings. The van der Waals surface area contributed by atoms with Gasteiger partial charge in [0.15, 0.2) is 0 Å². The first-order chi connectivity index (χ1) is 4.36. The highest BCUT2D eigenvalue weighted by atomic mass is 15.2. The second-order valence-corrected chi connectivity index (χ2v) is 3.99. The van der Waals surface area contributed by atoms with E-state index >= 15 is 0 Å². The summed E-state index contributed by atoms with van der Waals surface area (Å²) in [6, 6.07) is 0. The molecule has 0 aromatic heterocycles. The minimum absolute atomic E-state index is 0.767. The lowest BCUT2D eigenvalue weighted by molar-refractivity contribution is 0.634. The Balaban J connectivity index is 1.76. The zero-order valence-electron chi connectivity index (χ0n) is 5.85. The molecule has 0 aliphatic heterocycles. The van der Waals surface area contributed by atoms with E-state index in [1.54, 1.807) is 0 Å². The molecular formula is C8H13N. The second-order valence-electron chi connectivity index (χ2n) is 3.99. The molecule has 2 N–H and O–H groups in total. The Hall–Kier alpha value is -0.0400. The van der Waals surface area contributed by atoms with Crippen LogP contribution in [0.15, 0.2) is 0 Å². The van der Waals surface area contributed by atoms with Crippen molar-refractivity contribution < 1.29 is 0 Å². The van der Waals surface area contributed by atoms with E-state index < -0.39 is 0 Å². The van der Waals surface area contributed by atoms with Crippen molar-refractivity contribution in [1.29, 1.82) is 0 Å². The van der Waals surface area contributed by atoms with Crippen molar-refractivity contribution in [3.8, 4) is 0 Å². The molecule has 4 saturated carbocycles. The monoisotopic (exact) mass is 123 g/mol. The highest BCUT2D eigenvalue weighted by Crippen LogP contribution is 3.18. The van der Waals surface area contributed by atoms with Gasteiger partial charge < -0.3 is 5.73 Å². The summed E-state index contributed by atoms with van der Waals surface area (Å²) in [6.45, 7) is 3.27. The summed E-state index contributed by atoms with van der Waals surface area (Å²) >= 11 is 0. The third-order valence-corrected chi connectivity index (χ3v) is 4.04. The molecule has 2 unspecified atom stereocenters. The van der Waals surface area contributed by atoms with E-state index in [0.717, 1.165) is 29.2 Å². The lowest BCUT2D eigenvalue weighted by Crippen LogP contribution is -2.02. The van der Waals surface area contributed by atoms with Gasteiger partial charge in [0, 0.05) is 0 Å². The molecule has 0 amide bonds. The molecule has 9 heavy (non-hydrogen) atoms. The van der Waals surface area contributed by atoms with Crippen LogP contribution >= 0.6 is 0 Å². The predicted octanol–water partition coefficient (Wildman–Crippen LogP) is 0.991. The van der Waals surface area contributed by atoms with Gasteiger partial charge in [0.2, 0.25) is 0 Å². The first-order valence-electron chi connectivity index (χ1n) is 4.06. The van der Waals surface area contributed by atoms with E-state index in [1.165, 1.54) is 12.8 Å². The number of hydrogen-bond donors (Lipinski definition) is 1. The third-order valence-electron chi connectivity index (χ3n) is 4.04. The Kier molecular flexibility index (Phi) is 0.461. The van der Waals surface area contributed by atoms with Crippen molar-refractivity contribution in [2.45, 2.75) is 19.8 Å². The van der Waals surface area contributed by atoms with Gasteiger partial charge in [-0.1, -0.05) is 13.3 Å². The van der Waals surface area contributed by atoms with E-state index in [9.17, 15) is 0 Å². The van der Waals surface area contributed by atoms with Gasteiger partial charge in [-0.3, -0.25) is 0 Å². The Bertz CT molecular complexity index is 175. The van der Waals surface area contributed by atoms with Gasteiger partial charge in [0.25, 0.3) is 0 Å². The molecule has 0 heterocycles. The van der Waals surface area contributed by atoms with Crippen LogP contribution in [-0.2, 0) is 0 Å². The lowest BCUT2D eigenvalue weighted by atomic mass is 10.2. The minimum atomic E-state index is 0.767. The molecule has 1 nitrogen and oxygen atoms in total. The molecule has 50 valence electrons. The second kappa shape index (κ2) is 0.878. The van der Waals surface area contributed by atoms with Crippen molar-refractivity contribution in [3.63, 3.8) is 0 Å². The Labute approximate surface area is 55.6 Å². The molecule has 0 bridgehead atoms. The van der Waals surface area contributed by atoms with Crippen LogP contribution in [0, 0.1) is 22.7 Å². The molecule has 4 aliphatic carbocycles. The summed E-state index contributed by atoms with van der Waals surface area (Å²) in [7, 11) is 0.